The van der Waals surface area contributed by atoms with Crippen LogP contribution in [0.4, 0.5) is 0 Å². The molecular formula is C24H25N3O. The molecule has 1 amide bonds. The van der Waals surface area contributed by atoms with E-state index in [-0.39, 0.29) is 11.8 Å². The molecule has 0 N–H and O–H groups in total. The lowest BCUT2D eigenvalue weighted by molar-refractivity contribution is -0.136. The van der Waals surface area contributed by atoms with Crippen LogP contribution in [-0.4, -0.2) is 33.9 Å². The zero-order valence-corrected chi connectivity index (χ0v) is 16.2. The minimum absolute atomic E-state index is 0.151. The third kappa shape index (κ3) is 3.42. The predicted octanol–water partition coefficient (Wildman–Crippen LogP) is 4.19. The fourth-order valence-corrected chi connectivity index (χ4v) is 4.20. The largest absolute Gasteiger partial charge is 0.341 e. The van der Waals surface area contributed by atoms with Gasteiger partial charge in [0.15, 0.2) is 0 Å². The molecule has 2 heterocycles. The van der Waals surface area contributed by atoms with E-state index in [9.17, 15) is 4.79 Å². The smallest absolute Gasteiger partial charge is 0.237 e. The maximum Gasteiger partial charge on any atom is 0.237 e. The van der Waals surface area contributed by atoms with E-state index in [2.05, 4.69) is 34.2 Å². The molecule has 3 aromatic rings. The lowest BCUT2D eigenvalue weighted by atomic mass is 9.74. The fraction of sp³-hybridized carbons (Fsp3) is 0.292. The number of carbonyl (C=O) groups is 1. The highest BCUT2D eigenvalue weighted by Crippen LogP contribution is 2.36. The quantitative estimate of drug-likeness (QED) is 0.691. The highest BCUT2D eigenvalue weighted by molar-refractivity contribution is 5.91. The topological polar surface area (TPSA) is 46.1 Å². The van der Waals surface area contributed by atoms with Crippen molar-refractivity contribution in [3.05, 3.63) is 96.1 Å². The Bertz CT molecular complexity index is 873. The third-order valence-corrected chi connectivity index (χ3v) is 5.84. The summed E-state index contributed by atoms with van der Waals surface area (Å²) in [6.07, 6.45) is 7.26. The van der Waals surface area contributed by atoms with Crippen molar-refractivity contribution in [1.29, 1.82) is 0 Å². The molecule has 4 nitrogen and oxygen atoms in total. The lowest BCUT2D eigenvalue weighted by Crippen LogP contribution is -2.49. The number of benzene rings is 2. The number of hydrogen-bond donors (Lipinski definition) is 0. The molecule has 0 aliphatic carbocycles. The minimum Gasteiger partial charge on any atom is -0.341 e. The van der Waals surface area contributed by atoms with E-state index >= 15 is 0 Å². The van der Waals surface area contributed by atoms with E-state index in [0.29, 0.717) is 6.54 Å². The molecule has 2 aromatic carbocycles. The van der Waals surface area contributed by atoms with Crippen LogP contribution in [0.1, 0.15) is 42.5 Å². The summed E-state index contributed by atoms with van der Waals surface area (Å²) in [5, 5.41) is 0. The van der Waals surface area contributed by atoms with Crippen molar-refractivity contribution in [3.63, 3.8) is 0 Å². The number of likely N-dealkylation sites (tertiary alicyclic amines) is 1. The molecule has 1 aliphatic heterocycles. The predicted molar refractivity (Wildman–Crippen MR) is 110 cm³/mol. The summed E-state index contributed by atoms with van der Waals surface area (Å²) in [4.78, 5) is 24.6. The van der Waals surface area contributed by atoms with Crippen LogP contribution in [0.25, 0.3) is 0 Å². The zero-order chi connectivity index (χ0) is 19.4. The molecule has 0 unspecified atom stereocenters. The standard InChI is InChI=1S/C24H25N3O/c1-24(20-10-4-2-5-11-20,21-12-6-3-7-13-21)23(28)27-16-8-9-19(18-27)22-17-25-14-15-26-22/h2-7,10-15,17,19H,8-9,16,18H2,1H3/t19-/m0/s1. The molecule has 0 radical (unpaired) electrons. The molecule has 4 heteroatoms. The number of amides is 1. The molecule has 1 fully saturated rings. The number of aromatic nitrogens is 2. The summed E-state index contributed by atoms with van der Waals surface area (Å²) in [5.41, 5.74) is 2.30. The van der Waals surface area contributed by atoms with Crippen LogP contribution in [0.3, 0.4) is 0 Å². The average molecular weight is 371 g/mol. The number of rotatable bonds is 4. The van der Waals surface area contributed by atoms with Gasteiger partial charge in [-0.2, -0.15) is 0 Å². The van der Waals surface area contributed by atoms with Gasteiger partial charge in [-0.25, -0.2) is 0 Å². The third-order valence-electron chi connectivity index (χ3n) is 5.84. The Hall–Kier alpha value is -3.01. The van der Waals surface area contributed by atoms with Gasteiger partial charge in [0.1, 0.15) is 0 Å². The fourth-order valence-electron chi connectivity index (χ4n) is 4.20. The molecule has 0 bridgehead atoms. The van der Waals surface area contributed by atoms with Crippen LogP contribution in [-0.2, 0) is 10.2 Å². The Kier molecular flexibility index (Phi) is 5.20. The molecular weight excluding hydrogens is 346 g/mol. The van der Waals surface area contributed by atoms with Gasteiger partial charge < -0.3 is 4.90 Å². The number of carbonyl (C=O) groups excluding carboxylic acids is 1. The first-order valence-electron chi connectivity index (χ1n) is 9.86. The molecule has 1 atom stereocenters. The Morgan fingerprint density at radius 2 is 1.64 bits per heavy atom. The van der Waals surface area contributed by atoms with Gasteiger partial charge in [-0.15, -0.1) is 0 Å². The van der Waals surface area contributed by atoms with E-state index in [1.807, 2.05) is 54.4 Å². The summed E-state index contributed by atoms with van der Waals surface area (Å²) in [7, 11) is 0. The van der Waals surface area contributed by atoms with Crippen molar-refractivity contribution in [3.8, 4) is 0 Å². The summed E-state index contributed by atoms with van der Waals surface area (Å²) in [6, 6.07) is 20.2. The van der Waals surface area contributed by atoms with Gasteiger partial charge in [0, 0.05) is 37.6 Å². The Morgan fingerprint density at radius 1 is 1.00 bits per heavy atom. The molecule has 142 valence electrons. The second kappa shape index (κ2) is 7.93. The molecule has 1 aromatic heterocycles. The zero-order valence-electron chi connectivity index (χ0n) is 16.2. The first-order chi connectivity index (χ1) is 13.7. The van der Waals surface area contributed by atoms with Gasteiger partial charge in [0.25, 0.3) is 0 Å². The molecule has 1 saturated heterocycles. The van der Waals surface area contributed by atoms with Crippen LogP contribution in [0, 0.1) is 0 Å². The molecule has 0 saturated carbocycles. The maximum atomic E-state index is 13.9. The van der Waals surface area contributed by atoms with Crippen molar-refractivity contribution in [2.45, 2.75) is 31.1 Å². The van der Waals surface area contributed by atoms with E-state index in [0.717, 1.165) is 36.2 Å². The van der Waals surface area contributed by atoms with Crippen molar-refractivity contribution in [2.24, 2.45) is 0 Å². The van der Waals surface area contributed by atoms with Crippen molar-refractivity contribution in [2.75, 3.05) is 13.1 Å². The highest BCUT2D eigenvalue weighted by atomic mass is 16.2. The van der Waals surface area contributed by atoms with Gasteiger partial charge in [-0.1, -0.05) is 60.7 Å². The second-order valence-corrected chi connectivity index (χ2v) is 7.58. The minimum atomic E-state index is -0.715. The second-order valence-electron chi connectivity index (χ2n) is 7.58. The van der Waals surface area contributed by atoms with E-state index in [1.165, 1.54) is 0 Å². The van der Waals surface area contributed by atoms with Gasteiger partial charge in [0.05, 0.1) is 11.1 Å². The van der Waals surface area contributed by atoms with Crippen molar-refractivity contribution in [1.82, 2.24) is 14.9 Å². The Labute approximate surface area is 166 Å². The summed E-state index contributed by atoms with van der Waals surface area (Å²) in [6.45, 7) is 3.52. The van der Waals surface area contributed by atoms with Gasteiger partial charge >= 0.3 is 0 Å². The van der Waals surface area contributed by atoms with Crippen LogP contribution in [0.15, 0.2) is 79.3 Å². The molecule has 0 spiro atoms. The number of hydrogen-bond acceptors (Lipinski definition) is 3. The molecule has 28 heavy (non-hydrogen) atoms. The normalized spacial score (nSPS) is 17.3. The molecule has 1 aliphatic rings. The summed E-state index contributed by atoms with van der Waals surface area (Å²) in [5.74, 6) is 0.390. The first kappa shape index (κ1) is 18.4. The van der Waals surface area contributed by atoms with Crippen LogP contribution in [0.2, 0.25) is 0 Å². The number of piperidine rings is 1. The summed E-state index contributed by atoms with van der Waals surface area (Å²) < 4.78 is 0. The van der Waals surface area contributed by atoms with Crippen molar-refractivity contribution >= 4 is 5.91 Å². The van der Waals surface area contributed by atoms with Gasteiger partial charge in [-0.05, 0) is 30.9 Å². The monoisotopic (exact) mass is 371 g/mol. The van der Waals surface area contributed by atoms with Crippen LogP contribution in [0.5, 0.6) is 0 Å². The summed E-state index contributed by atoms with van der Waals surface area (Å²) >= 11 is 0. The van der Waals surface area contributed by atoms with E-state index in [4.69, 9.17) is 0 Å². The SMILES string of the molecule is CC(C(=O)N1CCC[C@H](c2cnccn2)C1)(c1ccccc1)c1ccccc1. The Morgan fingerprint density at radius 3 is 2.21 bits per heavy atom. The van der Waals surface area contributed by atoms with Gasteiger partial charge in [0.2, 0.25) is 5.91 Å². The molecule has 4 rings (SSSR count). The van der Waals surface area contributed by atoms with Crippen LogP contribution < -0.4 is 0 Å². The average Bonchev–Trinajstić information content (AvgIpc) is 2.80. The van der Waals surface area contributed by atoms with Crippen LogP contribution >= 0.6 is 0 Å². The maximum absolute atomic E-state index is 13.9. The van der Waals surface area contributed by atoms with Crippen molar-refractivity contribution < 1.29 is 4.79 Å². The first-order valence-corrected chi connectivity index (χ1v) is 9.86. The van der Waals surface area contributed by atoms with Gasteiger partial charge in [-0.3, -0.25) is 14.8 Å². The Balaban J connectivity index is 1.68. The highest BCUT2D eigenvalue weighted by Gasteiger charge is 2.41. The lowest BCUT2D eigenvalue weighted by Gasteiger charge is -2.39. The van der Waals surface area contributed by atoms with E-state index in [1.54, 1.807) is 12.4 Å². The number of nitrogens with zero attached hydrogens (tertiary/aromatic N) is 3. The van der Waals surface area contributed by atoms with E-state index < -0.39 is 5.41 Å².